The van der Waals surface area contributed by atoms with E-state index in [1.807, 2.05) is 28.8 Å². The van der Waals surface area contributed by atoms with E-state index in [4.69, 9.17) is 0 Å². The second kappa shape index (κ2) is 3.96. The Bertz CT molecular complexity index is 688. The molecule has 3 aromatic rings. The van der Waals surface area contributed by atoms with E-state index in [-0.39, 0.29) is 0 Å². The molecule has 0 aliphatic heterocycles. The van der Waals surface area contributed by atoms with Gasteiger partial charge in [0.05, 0.1) is 5.69 Å². The van der Waals surface area contributed by atoms with Gasteiger partial charge in [-0.25, -0.2) is 9.97 Å². The van der Waals surface area contributed by atoms with Gasteiger partial charge in [-0.15, -0.1) is 0 Å². The van der Waals surface area contributed by atoms with Crippen LogP contribution in [0.15, 0.2) is 47.2 Å². The normalized spacial score (nSPS) is 10.9. The summed E-state index contributed by atoms with van der Waals surface area (Å²) in [6.07, 6.45) is 3.73. The van der Waals surface area contributed by atoms with Gasteiger partial charge in [-0.3, -0.25) is 4.40 Å². The SMILES string of the molecule is Cc1c(-c2cccc(Br)c2)nc2ncccn12. The molecule has 0 aliphatic rings. The summed E-state index contributed by atoms with van der Waals surface area (Å²) in [5.74, 6) is 0.736. The van der Waals surface area contributed by atoms with Gasteiger partial charge < -0.3 is 0 Å². The molecule has 0 spiro atoms. The average molecular weight is 288 g/mol. The summed E-state index contributed by atoms with van der Waals surface area (Å²) in [5, 5.41) is 0. The first-order valence-electron chi connectivity index (χ1n) is 5.31. The summed E-state index contributed by atoms with van der Waals surface area (Å²) in [7, 11) is 0. The summed E-state index contributed by atoms with van der Waals surface area (Å²) >= 11 is 3.48. The molecule has 0 aliphatic carbocycles. The average Bonchev–Trinajstić information content (AvgIpc) is 2.68. The highest BCUT2D eigenvalue weighted by Crippen LogP contribution is 2.25. The summed E-state index contributed by atoms with van der Waals surface area (Å²) in [6.45, 7) is 2.05. The molecule has 2 aromatic heterocycles. The van der Waals surface area contributed by atoms with Crippen molar-refractivity contribution in [3.05, 3.63) is 52.9 Å². The number of hydrogen-bond acceptors (Lipinski definition) is 2. The molecule has 0 unspecified atom stereocenters. The zero-order valence-electron chi connectivity index (χ0n) is 9.26. The second-order valence-electron chi connectivity index (χ2n) is 3.85. The van der Waals surface area contributed by atoms with Crippen molar-refractivity contribution in [2.45, 2.75) is 6.92 Å². The summed E-state index contributed by atoms with van der Waals surface area (Å²) in [4.78, 5) is 8.81. The molecule has 1 aromatic carbocycles. The molecule has 3 nitrogen and oxygen atoms in total. The number of nitrogens with zero attached hydrogens (tertiary/aromatic N) is 3. The van der Waals surface area contributed by atoms with Crippen LogP contribution in [0.25, 0.3) is 17.0 Å². The minimum absolute atomic E-state index is 0.736. The Morgan fingerprint density at radius 2 is 2.12 bits per heavy atom. The first-order chi connectivity index (χ1) is 8.25. The van der Waals surface area contributed by atoms with E-state index in [0.717, 1.165) is 27.2 Å². The number of imidazole rings is 1. The van der Waals surface area contributed by atoms with Gasteiger partial charge in [0.25, 0.3) is 0 Å². The summed E-state index contributed by atoms with van der Waals surface area (Å²) in [6, 6.07) is 10.0. The fraction of sp³-hybridized carbons (Fsp3) is 0.0769. The van der Waals surface area contributed by atoms with E-state index < -0.39 is 0 Å². The zero-order chi connectivity index (χ0) is 11.8. The van der Waals surface area contributed by atoms with Crippen molar-refractivity contribution < 1.29 is 0 Å². The van der Waals surface area contributed by atoms with Crippen molar-refractivity contribution in [3.63, 3.8) is 0 Å². The highest BCUT2D eigenvalue weighted by atomic mass is 79.9. The minimum Gasteiger partial charge on any atom is -0.288 e. The van der Waals surface area contributed by atoms with E-state index in [1.165, 1.54) is 0 Å². The van der Waals surface area contributed by atoms with Crippen LogP contribution in [-0.4, -0.2) is 14.4 Å². The molecule has 0 radical (unpaired) electrons. The van der Waals surface area contributed by atoms with Crippen molar-refractivity contribution in [2.24, 2.45) is 0 Å². The van der Waals surface area contributed by atoms with Crippen molar-refractivity contribution in [2.75, 3.05) is 0 Å². The number of rotatable bonds is 1. The van der Waals surface area contributed by atoms with Crippen LogP contribution in [-0.2, 0) is 0 Å². The van der Waals surface area contributed by atoms with Gasteiger partial charge >= 0.3 is 0 Å². The second-order valence-corrected chi connectivity index (χ2v) is 4.76. The molecule has 0 bridgehead atoms. The number of halogens is 1. The predicted molar refractivity (Wildman–Crippen MR) is 70.9 cm³/mol. The molecule has 0 atom stereocenters. The fourth-order valence-corrected chi connectivity index (χ4v) is 2.31. The van der Waals surface area contributed by atoms with E-state index >= 15 is 0 Å². The topological polar surface area (TPSA) is 30.2 Å². The third kappa shape index (κ3) is 1.74. The Kier molecular flexibility index (Phi) is 2.44. The van der Waals surface area contributed by atoms with E-state index in [2.05, 4.69) is 45.0 Å². The first kappa shape index (κ1) is 10.5. The van der Waals surface area contributed by atoms with E-state index in [9.17, 15) is 0 Å². The van der Waals surface area contributed by atoms with Crippen molar-refractivity contribution in [1.29, 1.82) is 0 Å². The molecule has 0 N–H and O–H groups in total. The van der Waals surface area contributed by atoms with Gasteiger partial charge in [0.15, 0.2) is 0 Å². The molecule has 84 valence electrons. The van der Waals surface area contributed by atoms with Crippen molar-refractivity contribution in [3.8, 4) is 11.3 Å². The van der Waals surface area contributed by atoms with Crippen LogP contribution < -0.4 is 0 Å². The number of hydrogen-bond donors (Lipinski definition) is 0. The fourth-order valence-electron chi connectivity index (χ4n) is 1.91. The number of fused-ring (bicyclic) bond motifs is 1. The smallest absolute Gasteiger partial charge is 0.234 e. The number of aromatic nitrogens is 3. The maximum atomic E-state index is 4.55. The largest absolute Gasteiger partial charge is 0.288 e. The predicted octanol–water partition coefficient (Wildman–Crippen LogP) is 3.47. The number of benzene rings is 1. The summed E-state index contributed by atoms with van der Waals surface area (Å²) < 4.78 is 3.05. The molecule has 3 rings (SSSR count). The van der Waals surface area contributed by atoms with Crippen LogP contribution in [0.2, 0.25) is 0 Å². The molecule has 0 saturated heterocycles. The Hall–Kier alpha value is -1.68. The summed E-state index contributed by atoms with van der Waals surface area (Å²) in [5.41, 5.74) is 3.18. The first-order valence-corrected chi connectivity index (χ1v) is 6.10. The van der Waals surface area contributed by atoms with Crippen LogP contribution in [0.5, 0.6) is 0 Å². The van der Waals surface area contributed by atoms with Gasteiger partial charge in [-0.05, 0) is 25.1 Å². The molecule has 17 heavy (non-hydrogen) atoms. The molecule has 0 amide bonds. The highest BCUT2D eigenvalue weighted by molar-refractivity contribution is 9.10. The third-order valence-electron chi connectivity index (χ3n) is 2.74. The zero-order valence-corrected chi connectivity index (χ0v) is 10.8. The maximum absolute atomic E-state index is 4.55. The van der Waals surface area contributed by atoms with Gasteiger partial charge in [-0.2, -0.15) is 0 Å². The monoisotopic (exact) mass is 287 g/mol. The van der Waals surface area contributed by atoms with Crippen LogP contribution in [0.4, 0.5) is 0 Å². The van der Waals surface area contributed by atoms with Gasteiger partial charge in [-0.1, -0.05) is 28.1 Å². The van der Waals surface area contributed by atoms with E-state index in [0.29, 0.717) is 0 Å². The lowest BCUT2D eigenvalue weighted by Crippen LogP contribution is -1.88. The minimum atomic E-state index is 0.736. The third-order valence-corrected chi connectivity index (χ3v) is 3.23. The van der Waals surface area contributed by atoms with Crippen molar-refractivity contribution in [1.82, 2.24) is 14.4 Å². The molecule has 2 heterocycles. The molecular weight excluding hydrogens is 278 g/mol. The van der Waals surface area contributed by atoms with Crippen LogP contribution in [0, 0.1) is 6.92 Å². The highest BCUT2D eigenvalue weighted by Gasteiger charge is 2.10. The van der Waals surface area contributed by atoms with E-state index in [1.54, 1.807) is 6.20 Å². The molecule has 4 heteroatoms. The number of aryl methyl sites for hydroxylation is 1. The van der Waals surface area contributed by atoms with Gasteiger partial charge in [0.2, 0.25) is 5.78 Å². The van der Waals surface area contributed by atoms with Crippen LogP contribution >= 0.6 is 15.9 Å². The molecule has 0 fully saturated rings. The molecule has 0 saturated carbocycles. The van der Waals surface area contributed by atoms with Gasteiger partial charge in [0, 0.05) is 28.1 Å². The lowest BCUT2D eigenvalue weighted by atomic mass is 10.1. The van der Waals surface area contributed by atoms with Crippen LogP contribution in [0.1, 0.15) is 5.69 Å². The molecular formula is C13H10BrN3. The van der Waals surface area contributed by atoms with Crippen molar-refractivity contribution >= 4 is 21.7 Å². The van der Waals surface area contributed by atoms with Crippen LogP contribution in [0.3, 0.4) is 0 Å². The Morgan fingerprint density at radius 1 is 1.24 bits per heavy atom. The Labute approximate surface area is 107 Å². The quantitative estimate of drug-likeness (QED) is 0.686. The lowest BCUT2D eigenvalue weighted by Gasteiger charge is -1.99. The van der Waals surface area contributed by atoms with Gasteiger partial charge in [0.1, 0.15) is 0 Å². The Morgan fingerprint density at radius 3 is 2.88 bits per heavy atom. The lowest BCUT2D eigenvalue weighted by molar-refractivity contribution is 1.06. The maximum Gasteiger partial charge on any atom is 0.234 e. The Balaban J connectivity index is 2.27. The standard InChI is InChI=1S/C13H10BrN3/c1-9-12(10-4-2-5-11(14)8-10)16-13-15-6-3-7-17(9)13/h2-8H,1H3.